The van der Waals surface area contributed by atoms with Crippen LogP contribution in [0.3, 0.4) is 0 Å². The number of nitrogens with zero attached hydrogens (tertiary/aromatic N) is 1. The highest BCUT2D eigenvalue weighted by molar-refractivity contribution is 5.94. The van der Waals surface area contributed by atoms with Gasteiger partial charge in [-0.25, -0.2) is 0 Å². The highest BCUT2D eigenvalue weighted by atomic mass is 35.5. The van der Waals surface area contributed by atoms with Crippen LogP contribution >= 0.6 is 12.4 Å². The molecule has 1 unspecified atom stereocenters. The van der Waals surface area contributed by atoms with E-state index in [1.807, 2.05) is 17.0 Å². The number of rotatable bonds is 2. The normalized spacial score (nSPS) is 22.5. The zero-order valence-corrected chi connectivity index (χ0v) is 13.0. The molecule has 0 spiro atoms. The van der Waals surface area contributed by atoms with Gasteiger partial charge in [-0.1, -0.05) is 12.1 Å². The summed E-state index contributed by atoms with van der Waals surface area (Å²) in [7, 11) is 0. The lowest BCUT2D eigenvalue weighted by Gasteiger charge is -2.27. The smallest absolute Gasteiger partial charge is 0.254 e. The molecule has 1 atom stereocenters. The van der Waals surface area contributed by atoms with Crippen molar-refractivity contribution in [1.82, 2.24) is 10.2 Å². The van der Waals surface area contributed by atoms with Crippen molar-refractivity contribution in [3.8, 4) is 0 Å². The van der Waals surface area contributed by atoms with Gasteiger partial charge >= 0.3 is 0 Å². The summed E-state index contributed by atoms with van der Waals surface area (Å²) in [4.78, 5) is 14.2. The Kier molecular flexibility index (Phi) is 6.03. The standard InChI is InChI=1S/C16H22N2O2.ClH/c19-16(18-8-10-20-11-9-18)14-5-3-13(4-6-14)15-2-1-7-17-12-15;/h3-6,15,17H,1-2,7-12H2;1H. The molecule has 0 saturated carbocycles. The number of halogens is 1. The van der Waals surface area contributed by atoms with Gasteiger partial charge in [0.15, 0.2) is 0 Å². The lowest BCUT2D eigenvalue weighted by Crippen LogP contribution is -2.40. The van der Waals surface area contributed by atoms with Gasteiger partial charge in [-0.05, 0) is 43.0 Å². The van der Waals surface area contributed by atoms with Gasteiger partial charge in [-0.2, -0.15) is 0 Å². The predicted molar refractivity (Wildman–Crippen MR) is 85.3 cm³/mol. The molecule has 0 radical (unpaired) electrons. The molecule has 5 heteroatoms. The van der Waals surface area contributed by atoms with Crippen LogP contribution in [0.4, 0.5) is 0 Å². The van der Waals surface area contributed by atoms with Crippen LogP contribution in [0, 0.1) is 0 Å². The van der Waals surface area contributed by atoms with Crippen LogP contribution in [-0.4, -0.2) is 50.2 Å². The predicted octanol–water partition coefficient (Wildman–Crippen LogP) is 2.05. The molecule has 2 heterocycles. The lowest BCUT2D eigenvalue weighted by atomic mass is 9.91. The van der Waals surface area contributed by atoms with Gasteiger partial charge in [0.25, 0.3) is 5.91 Å². The third kappa shape index (κ3) is 3.96. The van der Waals surface area contributed by atoms with E-state index in [1.54, 1.807) is 0 Å². The second-order valence-corrected chi connectivity index (χ2v) is 5.57. The maximum atomic E-state index is 12.3. The molecule has 0 bridgehead atoms. The van der Waals surface area contributed by atoms with E-state index in [1.165, 1.54) is 18.4 Å². The Morgan fingerprint density at radius 3 is 2.52 bits per heavy atom. The van der Waals surface area contributed by atoms with Crippen LogP contribution in [0.15, 0.2) is 24.3 Å². The Bertz CT molecular complexity index is 452. The zero-order chi connectivity index (χ0) is 13.8. The van der Waals surface area contributed by atoms with Crippen LogP contribution in [0.1, 0.15) is 34.7 Å². The number of morpholine rings is 1. The number of hydrogen-bond donors (Lipinski definition) is 1. The molecule has 1 N–H and O–H groups in total. The molecule has 0 aliphatic carbocycles. The first-order chi connectivity index (χ1) is 9.84. The van der Waals surface area contributed by atoms with Crippen LogP contribution in [0.2, 0.25) is 0 Å². The van der Waals surface area contributed by atoms with Crippen molar-refractivity contribution in [2.24, 2.45) is 0 Å². The summed E-state index contributed by atoms with van der Waals surface area (Å²) in [5, 5.41) is 3.43. The average molecular weight is 311 g/mol. The zero-order valence-electron chi connectivity index (χ0n) is 12.2. The largest absolute Gasteiger partial charge is 0.378 e. The summed E-state index contributed by atoms with van der Waals surface area (Å²) in [6.45, 7) is 4.89. The fourth-order valence-electron chi connectivity index (χ4n) is 2.98. The number of hydrogen-bond acceptors (Lipinski definition) is 3. The van der Waals surface area contributed by atoms with Crippen LogP contribution in [0.25, 0.3) is 0 Å². The summed E-state index contributed by atoms with van der Waals surface area (Å²) in [6, 6.07) is 8.18. The fraction of sp³-hybridized carbons (Fsp3) is 0.562. The maximum Gasteiger partial charge on any atom is 0.254 e. The molecule has 2 aliphatic rings. The highest BCUT2D eigenvalue weighted by Crippen LogP contribution is 2.23. The van der Waals surface area contributed by atoms with Crippen LogP contribution in [0.5, 0.6) is 0 Å². The van der Waals surface area contributed by atoms with Crippen LogP contribution in [-0.2, 0) is 4.74 Å². The van der Waals surface area contributed by atoms with Crippen molar-refractivity contribution in [1.29, 1.82) is 0 Å². The number of benzene rings is 1. The van der Waals surface area contributed by atoms with E-state index in [0.717, 1.165) is 18.7 Å². The summed E-state index contributed by atoms with van der Waals surface area (Å²) in [5.74, 6) is 0.720. The van der Waals surface area contributed by atoms with E-state index in [4.69, 9.17) is 4.74 Å². The summed E-state index contributed by atoms with van der Waals surface area (Å²) in [6.07, 6.45) is 2.48. The third-order valence-electron chi connectivity index (χ3n) is 4.22. The molecule has 116 valence electrons. The van der Waals surface area contributed by atoms with E-state index in [0.29, 0.717) is 32.2 Å². The Labute approximate surface area is 132 Å². The first kappa shape index (κ1) is 16.3. The molecule has 1 amide bonds. The number of amides is 1. The Balaban J connectivity index is 0.00000161. The maximum absolute atomic E-state index is 12.3. The van der Waals surface area contributed by atoms with Crippen molar-refractivity contribution in [3.63, 3.8) is 0 Å². The minimum absolute atomic E-state index is 0. The van der Waals surface area contributed by atoms with E-state index < -0.39 is 0 Å². The second-order valence-electron chi connectivity index (χ2n) is 5.57. The molecule has 2 fully saturated rings. The first-order valence-electron chi connectivity index (χ1n) is 7.52. The van der Waals surface area contributed by atoms with Crippen LogP contribution < -0.4 is 5.32 Å². The minimum atomic E-state index is 0. The van der Waals surface area contributed by atoms with Gasteiger partial charge in [0.1, 0.15) is 0 Å². The lowest BCUT2D eigenvalue weighted by molar-refractivity contribution is 0.0303. The van der Waals surface area contributed by atoms with Crippen molar-refractivity contribution in [2.75, 3.05) is 39.4 Å². The first-order valence-corrected chi connectivity index (χ1v) is 7.52. The van der Waals surface area contributed by atoms with E-state index in [-0.39, 0.29) is 18.3 Å². The second kappa shape index (κ2) is 7.78. The minimum Gasteiger partial charge on any atom is -0.378 e. The van der Waals surface area contributed by atoms with Crippen molar-refractivity contribution >= 4 is 18.3 Å². The monoisotopic (exact) mass is 310 g/mol. The molecule has 21 heavy (non-hydrogen) atoms. The highest BCUT2D eigenvalue weighted by Gasteiger charge is 2.19. The van der Waals surface area contributed by atoms with Gasteiger partial charge in [-0.3, -0.25) is 4.79 Å². The van der Waals surface area contributed by atoms with Gasteiger partial charge in [0.05, 0.1) is 13.2 Å². The molecular weight excluding hydrogens is 288 g/mol. The van der Waals surface area contributed by atoms with Gasteiger partial charge < -0.3 is 15.0 Å². The molecule has 0 aromatic heterocycles. The Morgan fingerprint density at radius 2 is 1.90 bits per heavy atom. The van der Waals surface area contributed by atoms with E-state index in [9.17, 15) is 4.79 Å². The van der Waals surface area contributed by atoms with Crippen molar-refractivity contribution < 1.29 is 9.53 Å². The Morgan fingerprint density at radius 1 is 1.19 bits per heavy atom. The quantitative estimate of drug-likeness (QED) is 0.909. The van der Waals surface area contributed by atoms with E-state index in [2.05, 4.69) is 17.4 Å². The molecule has 1 aromatic carbocycles. The molecule has 3 rings (SSSR count). The Hall–Kier alpha value is -1.10. The van der Waals surface area contributed by atoms with Gasteiger partial charge in [0, 0.05) is 25.2 Å². The van der Waals surface area contributed by atoms with Gasteiger partial charge in [0.2, 0.25) is 0 Å². The summed E-state index contributed by atoms with van der Waals surface area (Å²) in [5.41, 5.74) is 2.13. The van der Waals surface area contributed by atoms with Crippen molar-refractivity contribution in [2.45, 2.75) is 18.8 Å². The third-order valence-corrected chi connectivity index (χ3v) is 4.22. The summed E-state index contributed by atoms with van der Waals surface area (Å²) >= 11 is 0. The molecular formula is C16H23ClN2O2. The number of carbonyl (C=O) groups is 1. The topological polar surface area (TPSA) is 41.6 Å². The molecule has 4 nitrogen and oxygen atoms in total. The number of nitrogens with one attached hydrogen (secondary N) is 1. The van der Waals surface area contributed by atoms with Gasteiger partial charge in [-0.15, -0.1) is 12.4 Å². The van der Waals surface area contributed by atoms with E-state index >= 15 is 0 Å². The fourth-order valence-corrected chi connectivity index (χ4v) is 2.98. The van der Waals surface area contributed by atoms with Crippen molar-refractivity contribution in [3.05, 3.63) is 35.4 Å². The number of carbonyl (C=O) groups excluding carboxylic acids is 1. The summed E-state index contributed by atoms with van der Waals surface area (Å²) < 4.78 is 5.28. The molecule has 1 aromatic rings. The SMILES string of the molecule is Cl.O=C(c1ccc(C2CCCNC2)cc1)N1CCOCC1. The molecule has 2 saturated heterocycles. The number of piperidine rings is 1. The molecule has 2 aliphatic heterocycles. The number of ether oxygens (including phenoxy) is 1. The average Bonchev–Trinajstić information content (AvgIpc) is 2.56.